The Hall–Kier alpha value is -2.27. The van der Waals surface area contributed by atoms with Gasteiger partial charge < -0.3 is 10.2 Å². The summed E-state index contributed by atoms with van der Waals surface area (Å²) in [6, 6.07) is 16.0. The van der Waals surface area contributed by atoms with Crippen LogP contribution in [0.3, 0.4) is 0 Å². The second kappa shape index (κ2) is 11.8. The maximum absolute atomic E-state index is 13.2. The summed E-state index contributed by atoms with van der Waals surface area (Å²) in [4.78, 5) is 27.8. The van der Waals surface area contributed by atoms with Crippen LogP contribution in [0.25, 0.3) is 0 Å². The molecule has 0 aliphatic rings. The van der Waals surface area contributed by atoms with Gasteiger partial charge in [0, 0.05) is 18.3 Å². The van der Waals surface area contributed by atoms with E-state index >= 15 is 0 Å². The molecule has 2 aromatic carbocycles. The van der Waals surface area contributed by atoms with Crippen molar-refractivity contribution < 1.29 is 9.59 Å². The lowest BCUT2D eigenvalue weighted by molar-refractivity contribution is -0.139. The minimum Gasteiger partial charge on any atom is -0.352 e. The van der Waals surface area contributed by atoms with Crippen LogP contribution in [-0.2, 0) is 21.9 Å². The average molecular weight is 427 g/mol. The van der Waals surface area contributed by atoms with Crippen LogP contribution in [0.15, 0.2) is 48.5 Å². The largest absolute Gasteiger partial charge is 0.352 e. The van der Waals surface area contributed by atoms with E-state index in [-0.39, 0.29) is 17.9 Å². The molecular weight excluding hydrogens is 392 g/mol. The zero-order valence-electron chi connectivity index (χ0n) is 18.8. The number of carbonyl (C=O) groups is 2. The minimum absolute atomic E-state index is 0.0000784. The molecule has 0 bridgehead atoms. The summed E-state index contributed by atoms with van der Waals surface area (Å²) < 4.78 is 0. The Balaban J connectivity index is 2.13. The number of aryl methyl sites for hydroxylation is 2. The highest BCUT2D eigenvalue weighted by atomic mass is 32.2. The van der Waals surface area contributed by atoms with E-state index in [1.165, 1.54) is 16.7 Å². The van der Waals surface area contributed by atoms with Gasteiger partial charge in [0.05, 0.1) is 5.75 Å². The number of thioether (sulfide) groups is 1. The second-order valence-electron chi connectivity index (χ2n) is 8.01. The molecule has 0 saturated heterocycles. The molecule has 0 radical (unpaired) electrons. The lowest BCUT2D eigenvalue weighted by atomic mass is 10.1. The summed E-state index contributed by atoms with van der Waals surface area (Å²) in [5, 5.41) is 2.97. The highest BCUT2D eigenvalue weighted by molar-refractivity contribution is 7.99. The van der Waals surface area contributed by atoms with Crippen LogP contribution >= 0.6 is 11.8 Å². The minimum atomic E-state index is -0.472. The summed E-state index contributed by atoms with van der Waals surface area (Å²) in [6.07, 6.45) is 0.582. The van der Waals surface area contributed by atoms with Crippen molar-refractivity contribution in [3.63, 3.8) is 0 Å². The number of hydrogen-bond donors (Lipinski definition) is 1. The summed E-state index contributed by atoms with van der Waals surface area (Å²) in [5.41, 5.74) is 4.69. The molecule has 0 spiro atoms. The molecule has 2 amide bonds. The Morgan fingerprint density at radius 2 is 1.70 bits per heavy atom. The predicted molar refractivity (Wildman–Crippen MR) is 126 cm³/mol. The lowest BCUT2D eigenvalue weighted by Gasteiger charge is -2.31. The number of rotatable bonds is 10. The number of nitrogens with one attached hydrogen (secondary N) is 1. The normalized spacial score (nSPS) is 11.9. The molecular formula is C25H34N2O2S. The molecule has 5 heteroatoms. The zero-order chi connectivity index (χ0) is 22.1. The molecule has 162 valence electrons. The molecule has 0 aliphatic heterocycles. The van der Waals surface area contributed by atoms with Crippen LogP contribution in [0.5, 0.6) is 0 Å². The Bertz CT molecular complexity index is 833. The molecule has 0 fully saturated rings. The number of hydrogen-bond acceptors (Lipinski definition) is 3. The molecule has 1 unspecified atom stereocenters. The van der Waals surface area contributed by atoms with Gasteiger partial charge in [0.15, 0.2) is 0 Å². The van der Waals surface area contributed by atoms with Gasteiger partial charge in [-0.05, 0) is 50.8 Å². The second-order valence-corrected chi connectivity index (χ2v) is 9.00. The quantitative estimate of drug-likeness (QED) is 0.590. The fourth-order valence-corrected chi connectivity index (χ4v) is 4.28. The van der Waals surface area contributed by atoms with Crippen molar-refractivity contribution in [2.75, 3.05) is 5.75 Å². The van der Waals surface area contributed by atoms with Crippen molar-refractivity contribution in [1.82, 2.24) is 10.2 Å². The third kappa shape index (κ3) is 7.21. The molecule has 2 aromatic rings. The molecule has 2 rings (SSSR count). The number of carbonyl (C=O) groups excluding carboxylic acids is 2. The van der Waals surface area contributed by atoms with E-state index < -0.39 is 6.04 Å². The highest BCUT2D eigenvalue weighted by Gasteiger charge is 2.28. The first-order valence-electron chi connectivity index (χ1n) is 10.6. The number of benzene rings is 2. The van der Waals surface area contributed by atoms with Gasteiger partial charge in [-0.1, -0.05) is 61.0 Å². The predicted octanol–water partition coefficient (Wildman–Crippen LogP) is 4.87. The fraction of sp³-hybridized carbons (Fsp3) is 0.440. The molecule has 0 heterocycles. The fourth-order valence-electron chi connectivity index (χ4n) is 3.29. The zero-order valence-corrected chi connectivity index (χ0v) is 19.6. The van der Waals surface area contributed by atoms with Crippen molar-refractivity contribution in [2.45, 2.75) is 65.4 Å². The van der Waals surface area contributed by atoms with Crippen LogP contribution in [0, 0.1) is 13.8 Å². The van der Waals surface area contributed by atoms with Crippen LogP contribution in [-0.4, -0.2) is 34.6 Å². The van der Waals surface area contributed by atoms with Gasteiger partial charge in [-0.3, -0.25) is 9.59 Å². The van der Waals surface area contributed by atoms with Gasteiger partial charge in [-0.2, -0.15) is 0 Å². The molecule has 0 aliphatic carbocycles. The van der Waals surface area contributed by atoms with Crippen LogP contribution in [0.4, 0.5) is 0 Å². The summed E-state index contributed by atoms with van der Waals surface area (Å²) >= 11 is 1.60. The van der Waals surface area contributed by atoms with Crippen LogP contribution in [0.1, 0.15) is 49.4 Å². The lowest BCUT2D eigenvalue weighted by Crippen LogP contribution is -2.50. The SMILES string of the molecule is CCC(C(=O)NC(C)C)N(Cc1ccc(C)cc1)C(=O)CSCc1ccccc1C. The molecule has 1 N–H and O–H groups in total. The van der Waals surface area contributed by atoms with E-state index in [1.807, 2.05) is 64.1 Å². The summed E-state index contributed by atoms with van der Waals surface area (Å²) in [5.74, 6) is 1.05. The first-order chi connectivity index (χ1) is 14.3. The van der Waals surface area contributed by atoms with E-state index in [2.05, 4.69) is 24.4 Å². The van der Waals surface area contributed by atoms with Gasteiger partial charge in [0.25, 0.3) is 0 Å². The van der Waals surface area contributed by atoms with Gasteiger partial charge in [-0.15, -0.1) is 11.8 Å². The van der Waals surface area contributed by atoms with Crippen molar-refractivity contribution in [3.05, 3.63) is 70.8 Å². The molecule has 0 aromatic heterocycles. The van der Waals surface area contributed by atoms with Crippen molar-refractivity contribution >= 4 is 23.6 Å². The van der Waals surface area contributed by atoms with E-state index in [9.17, 15) is 9.59 Å². The van der Waals surface area contributed by atoms with E-state index in [4.69, 9.17) is 0 Å². The van der Waals surface area contributed by atoms with Crippen LogP contribution < -0.4 is 5.32 Å². The molecule has 0 saturated carbocycles. The maximum atomic E-state index is 13.2. The average Bonchev–Trinajstić information content (AvgIpc) is 2.70. The smallest absolute Gasteiger partial charge is 0.243 e. The Morgan fingerprint density at radius 3 is 2.30 bits per heavy atom. The Morgan fingerprint density at radius 1 is 1.03 bits per heavy atom. The summed E-state index contributed by atoms with van der Waals surface area (Å²) in [7, 11) is 0. The van der Waals surface area contributed by atoms with Gasteiger partial charge in [0.1, 0.15) is 6.04 Å². The maximum Gasteiger partial charge on any atom is 0.243 e. The topological polar surface area (TPSA) is 49.4 Å². The van der Waals surface area contributed by atoms with Gasteiger partial charge >= 0.3 is 0 Å². The van der Waals surface area contributed by atoms with Gasteiger partial charge in [-0.25, -0.2) is 0 Å². The van der Waals surface area contributed by atoms with Crippen LogP contribution in [0.2, 0.25) is 0 Å². The first kappa shape index (κ1) is 24.0. The van der Waals surface area contributed by atoms with Gasteiger partial charge in [0.2, 0.25) is 11.8 Å². The van der Waals surface area contributed by atoms with Crippen molar-refractivity contribution in [1.29, 1.82) is 0 Å². The standard InChI is InChI=1S/C25H34N2O2S/c1-6-23(25(29)26-18(2)3)27(15-21-13-11-19(4)12-14-21)24(28)17-30-16-22-10-8-7-9-20(22)5/h7-14,18,23H,6,15-17H2,1-5H3,(H,26,29). The Labute approximate surface area is 185 Å². The monoisotopic (exact) mass is 426 g/mol. The first-order valence-corrected chi connectivity index (χ1v) is 11.7. The molecule has 4 nitrogen and oxygen atoms in total. The van der Waals surface area contributed by atoms with E-state index in [0.29, 0.717) is 18.7 Å². The molecule has 1 atom stereocenters. The third-order valence-corrected chi connectivity index (χ3v) is 6.00. The Kier molecular flexibility index (Phi) is 9.44. The highest BCUT2D eigenvalue weighted by Crippen LogP contribution is 2.19. The number of nitrogens with zero attached hydrogens (tertiary/aromatic N) is 1. The van der Waals surface area contributed by atoms with E-state index in [1.54, 1.807) is 16.7 Å². The summed E-state index contributed by atoms with van der Waals surface area (Å²) in [6.45, 7) is 10.4. The van der Waals surface area contributed by atoms with Crippen molar-refractivity contribution in [3.8, 4) is 0 Å². The molecule has 30 heavy (non-hydrogen) atoms. The van der Waals surface area contributed by atoms with E-state index in [0.717, 1.165) is 11.3 Å². The number of amides is 2. The third-order valence-electron chi connectivity index (χ3n) is 5.03. The van der Waals surface area contributed by atoms with Crippen molar-refractivity contribution in [2.24, 2.45) is 0 Å².